The fourth-order valence-corrected chi connectivity index (χ4v) is 0.767. The number of nitrogens with zero attached hydrogens (tertiary/aromatic N) is 1. The number of aliphatic hydroxyl groups is 1. The van der Waals surface area contributed by atoms with Crippen LogP contribution in [0.5, 0.6) is 0 Å². The summed E-state index contributed by atoms with van der Waals surface area (Å²) < 4.78 is 4.92. The Kier molecular flexibility index (Phi) is 2.00. The van der Waals surface area contributed by atoms with E-state index in [4.69, 9.17) is 4.52 Å². The smallest absolute Gasteiger partial charge is 0.167 e. The lowest BCUT2D eigenvalue weighted by molar-refractivity contribution is 0.0475. The molecular formula is C8H13NO2. The van der Waals surface area contributed by atoms with Crippen molar-refractivity contribution >= 4 is 0 Å². The third kappa shape index (κ3) is 1.80. The summed E-state index contributed by atoms with van der Waals surface area (Å²) in [6.07, 6.45) is 0.833. The number of rotatable bonds is 2. The van der Waals surface area contributed by atoms with Crippen molar-refractivity contribution in [2.24, 2.45) is 0 Å². The molecule has 0 aliphatic carbocycles. The molecule has 1 rings (SSSR count). The minimum Gasteiger partial charge on any atom is -0.382 e. The first kappa shape index (κ1) is 8.27. The van der Waals surface area contributed by atoms with Gasteiger partial charge in [-0.25, -0.2) is 0 Å². The van der Waals surface area contributed by atoms with Gasteiger partial charge in [0.1, 0.15) is 5.60 Å². The van der Waals surface area contributed by atoms with Crippen molar-refractivity contribution in [3.8, 4) is 0 Å². The molecule has 0 bridgehead atoms. The topological polar surface area (TPSA) is 46.3 Å². The van der Waals surface area contributed by atoms with Crippen LogP contribution in [0.3, 0.4) is 0 Å². The zero-order chi connectivity index (χ0) is 8.48. The molecule has 0 saturated carbocycles. The SMILES string of the molecule is CCc1cc(C(C)(C)O)on1. The summed E-state index contributed by atoms with van der Waals surface area (Å²) in [6.45, 7) is 5.34. The Bertz CT molecular complexity index is 234. The van der Waals surface area contributed by atoms with Crippen LogP contribution in [0.15, 0.2) is 10.6 Å². The largest absolute Gasteiger partial charge is 0.382 e. The second kappa shape index (κ2) is 2.66. The molecule has 0 aliphatic heterocycles. The molecule has 1 aromatic heterocycles. The molecule has 0 spiro atoms. The lowest BCUT2D eigenvalue weighted by Crippen LogP contribution is -2.13. The van der Waals surface area contributed by atoms with Crippen LogP contribution in [0.2, 0.25) is 0 Å². The normalized spacial score (nSPS) is 12.0. The maximum atomic E-state index is 9.46. The first-order chi connectivity index (χ1) is 5.04. The second-order valence-corrected chi connectivity index (χ2v) is 3.10. The monoisotopic (exact) mass is 155 g/mol. The molecule has 1 N–H and O–H groups in total. The van der Waals surface area contributed by atoms with Gasteiger partial charge >= 0.3 is 0 Å². The Balaban J connectivity index is 2.89. The van der Waals surface area contributed by atoms with E-state index in [1.54, 1.807) is 19.9 Å². The van der Waals surface area contributed by atoms with E-state index in [2.05, 4.69) is 5.16 Å². The molecule has 0 radical (unpaired) electrons. The minimum absolute atomic E-state index is 0.523. The van der Waals surface area contributed by atoms with Crippen LogP contribution < -0.4 is 0 Å². The molecule has 0 aromatic carbocycles. The van der Waals surface area contributed by atoms with E-state index in [-0.39, 0.29) is 0 Å². The molecule has 0 fully saturated rings. The van der Waals surface area contributed by atoms with Gasteiger partial charge in [0, 0.05) is 6.07 Å². The summed E-state index contributed by atoms with van der Waals surface area (Å²) in [4.78, 5) is 0. The predicted molar refractivity (Wildman–Crippen MR) is 41.1 cm³/mol. The van der Waals surface area contributed by atoms with Crippen LogP contribution in [0.4, 0.5) is 0 Å². The highest BCUT2D eigenvalue weighted by atomic mass is 16.5. The molecule has 0 unspecified atom stereocenters. The van der Waals surface area contributed by atoms with Gasteiger partial charge in [0.05, 0.1) is 5.69 Å². The molecule has 0 atom stereocenters. The van der Waals surface area contributed by atoms with E-state index >= 15 is 0 Å². The van der Waals surface area contributed by atoms with E-state index in [1.807, 2.05) is 6.92 Å². The molecule has 0 aliphatic rings. The lowest BCUT2D eigenvalue weighted by Gasteiger charge is -2.10. The summed E-state index contributed by atoms with van der Waals surface area (Å²) >= 11 is 0. The van der Waals surface area contributed by atoms with Crippen LogP contribution >= 0.6 is 0 Å². The van der Waals surface area contributed by atoms with Gasteiger partial charge in [0.25, 0.3) is 0 Å². The van der Waals surface area contributed by atoms with Crippen LogP contribution in [-0.2, 0) is 12.0 Å². The summed E-state index contributed by atoms with van der Waals surface area (Å²) in [6, 6.07) is 1.78. The van der Waals surface area contributed by atoms with Crippen molar-refractivity contribution in [1.29, 1.82) is 0 Å². The molecule has 3 nitrogen and oxygen atoms in total. The fourth-order valence-electron chi connectivity index (χ4n) is 0.767. The van der Waals surface area contributed by atoms with Crippen molar-refractivity contribution < 1.29 is 9.63 Å². The minimum atomic E-state index is -0.916. The first-order valence-corrected chi connectivity index (χ1v) is 3.72. The van der Waals surface area contributed by atoms with Crippen molar-refractivity contribution in [3.05, 3.63) is 17.5 Å². The van der Waals surface area contributed by atoms with Gasteiger partial charge in [0.15, 0.2) is 5.76 Å². The number of hydrogen-bond acceptors (Lipinski definition) is 3. The fraction of sp³-hybridized carbons (Fsp3) is 0.625. The van der Waals surface area contributed by atoms with Crippen LogP contribution in [-0.4, -0.2) is 10.3 Å². The third-order valence-electron chi connectivity index (χ3n) is 1.52. The average Bonchev–Trinajstić information content (AvgIpc) is 2.32. The van der Waals surface area contributed by atoms with Crippen molar-refractivity contribution in [2.75, 3.05) is 0 Å². The third-order valence-corrected chi connectivity index (χ3v) is 1.52. The van der Waals surface area contributed by atoms with Crippen molar-refractivity contribution in [3.63, 3.8) is 0 Å². The standard InChI is InChI=1S/C8H13NO2/c1-4-6-5-7(11-9-6)8(2,3)10/h5,10H,4H2,1-3H3. The van der Waals surface area contributed by atoms with Crippen molar-refractivity contribution in [1.82, 2.24) is 5.16 Å². The molecule has 62 valence electrons. The zero-order valence-corrected chi connectivity index (χ0v) is 7.09. The lowest BCUT2D eigenvalue weighted by atomic mass is 10.1. The van der Waals surface area contributed by atoms with Crippen molar-refractivity contribution in [2.45, 2.75) is 32.8 Å². The first-order valence-electron chi connectivity index (χ1n) is 3.72. The molecule has 1 aromatic rings. The molecular weight excluding hydrogens is 142 g/mol. The Morgan fingerprint density at radius 1 is 1.64 bits per heavy atom. The summed E-state index contributed by atoms with van der Waals surface area (Å²) in [5.74, 6) is 0.523. The molecule has 1 heterocycles. The zero-order valence-electron chi connectivity index (χ0n) is 7.09. The molecule has 11 heavy (non-hydrogen) atoms. The van der Waals surface area contributed by atoms with Crippen LogP contribution in [0.25, 0.3) is 0 Å². The van der Waals surface area contributed by atoms with Gasteiger partial charge in [-0.15, -0.1) is 0 Å². The molecule has 0 saturated heterocycles. The number of hydrogen-bond donors (Lipinski definition) is 1. The predicted octanol–water partition coefficient (Wildman–Crippen LogP) is 1.46. The average molecular weight is 155 g/mol. The Hall–Kier alpha value is -0.830. The van der Waals surface area contributed by atoms with Crippen LogP contribution in [0, 0.1) is 0 Å². The summed E-state index contributed by atoms with van der Waals surface area (Å²) in [5, 5.41) is 13.2. The molecule has 3 heteroatoms. The highest BCUT2D eigenvalue weighted by molar-refractivity contribution is 5.10. The number of aromatic nitrogens is 1. The maximum Gasteiger partial charge on any atom is 0.167 e. The summed E-state index contributed by atoms with van der Waals surface area (Å²) in [5.41, 5.74) is -0.0393. The Labute approximate surface area is 66.0 Å². The second-order valence-electron chi connectivity index (χ2n) is 3.10. The Morgan fingerprint density at radius 3 is 2.55 bits per heavy atom. The van der Waals surface area contributed by atoms with Gasteiger partial charge in [-0.1, -0.05) is 12.1 Å². The van der Waals surface area contributed by atoms with Gasteiger partial charge in [-0.3, -0.25) is 0 Å². The van der Waals surface area contributed by atoms with E-state index in [1.165, 1.54) is 0 Å². The molecule has 0 amide bonds. The van der Waals surface area contributed by atoms with E-state index in [0.29, 0.717) is 5.76 Å². The number of aryl methyl sites for hydroxylation is 1. The maximum absolute atomic E-state index is 9.46. The van der Waals surface area contributed by atoms with Crippen LogP contribution in [0.1, 0.15) is 32.2 Å². The van der Waals surface area contributed by atoms with E-state index in [0.717, 1.165) is 12.1 Å². The van der Waals surface area contributed by atoms with Gasteiger partial charge in [-0.2, -0.15) is 0 Å². The summed E-state index contributed by atoms with van der Waals surface area (Å²) in [7, 11) is 0. The highest BCUT2D eigenvalue weighted by Gasteiger charge is 2.21. The van der Waals surface area contributed by atoms with Gasteiger partial charge in [0.2, 0.25) is 0 Å². The highest BCUT2D eigenvalue weighted by Crippen LogP contribution is 2.19. The van der Waals surface area contributed by atoms with Gasteiger partial charge < -0.3 is 9.63 Å². The van der Waals surface area contributed by atoms with Gasteiger partial charge in [-0.05, 0) is 20.3 Å². The Morgan fingerprint density at radius 2 is 2.27 bits per heavy atom. The quantitative estimate of drug-likeness (QED) is 0.703. The van der Waals surface area contributed by atoms with E-state index in [9.17, 15) is 5.11 Å². The van der Waals surface area contributed by atoms with E-state index < -0.39 is 5.60 Å².